The minimum Gasteiger partial charge on any atom is -0.369 e. The molecule has 0 bridgehead atoms. The van der Waals surface area contributed by atoms with Crippen molar-refractivity contribution in [3.63, 3.8) is 0 Å². The zero-order valence-electron chi connectivity index (χ0n) is 6.86. The molecule has 1 aromatic carbocycles. The fourth-order valence-corrected chi connectivity index (χ4v) is 1.60. The quantitative estimate of drug-likeness (QED) is 0.720. The van der Waals surface area contributed by atoms with E-state index < -0.39 is 0 Å². The highest BCUT2D eigenvalue weighted by atomic mass is 32.2. The number of thioether (sulfide) groups is 1. The van der Waals surface area contributed by atoms with Crippen LogP contribution in [0.4, 0.5) is 0 Å². The average molecular weight is 181 g/mol. The molecule has 0 aliphatic rings. The fraction of sp³-hybridized carbons (Fsp3) is 0.222. The highest BCUT2D eigenvalue weighted by Gasteiger charge is 2.08. The van der Waals surface area contributed by atoms with Gasteiger partial charge in [0, 0.05) is 4.90 Å². The van der Waals surface area contributed by atoms with E-state index in [0.717, 1.165) is 4.90 Å². The summed E-state index contributed by atoms with van der Waals surface area (Å²) >= 11 is 1.48. The topological polar surface area (TPSA) is 43.1 Å². The van der Waals surface area contributed by atoms with Gasteiger partial charge in [-0.25, -0.2) is 0 Å². The van der Waals surface area contributed by atoms with Gasteiger partial charge in [-0.1, -0.05) is 18.2 Å². The Labute approximate surface area is 76.2 Å². The molecule has 1 rings (SSSR count). The fourth-order valence-electron chi connectivity index (χ4n) is 0.761. The van der Waals surface area contributed by atoms with Gasteiger partial charge < -0.3 is 5.73 Å². The standard InChI is InChI=1S/C9H11NOS/c1-7(9(10)11)12-8-5-3-2-4-6-8/h2-7H,1H3,(H2,10,11)/t7-/m1/s1. The van der Waals surface area contributed by atoms with Crippen molar-refractivity contribution in [3.05, 3.63) is 30.3 Å². The third kappa shape index (κ3) is 2.58. The van der Waals surface area contributed by atoms with Crippen LogP contribution in [-0.2, 0) is 4.79 Å². The van der Waals surface area contributed by atoms with Crippen molar-refractivity contribution in [1.82, 2.24) is 0 Å². The van der Waals surface area contributed by atoms with Gasteiger partial charge >= 0.3 is 0 Å². The summed E-state index contributed by atoms with van der Waals surface area (Å²) in [6.45, 7) is 1.81. The van der Waals surface area contributed by atoms with E-state index in [-0.39, 0.29) is 11.2 Å². The number of carbonyl (C=O) groups is 1. The van der Waals surface area contributed by atoms with Crippen molar-refractivity contribution in [2.75, 3.05) is 0 Å². The number of amides is 1. The Balaban J connectivity index is 2.58. The number of hydrogen-bond acceptors (Lipinski definition) is 2. The monoisotopic (exact) mass is 181 g/mol. The molecular formula is C9H11NOS. The van der Waals surface area contributed by atoms with E-state index in [1.807, 2.05) is 30.3 Å². The van der Waals surface area contributed by atoms with Gasteiger partial charge in [-0.15, -0.1) is 11.8 Å². The lowest BCUT2D eigenvalue weighted by molar-refractivity contribution is -0.117. The Morgan fingerprint density at radius 1 is 1.42 bits per heavy atom. The molecule has 1 amide bonds. The molecule has 1 atom stereocenters. The number of hydrogen-bond donors (Lipinski definition) is 1. The lowest BCUT2D eigenvalue weighted by atomic mass is 10.4. The Kier molecular flexibility index (Phi) is 3.17. The second-order valence-corrected chi connectivity index (χ2v) is 3.89. The summed E-state index contributed by atoms with van der Waals surface area (Å²) in [5.41, 5.74) is 5.12. The molecule has 12 heavy (non-hydrogen) atoms. The van der Waals surface area contributed by atoms with Crippen molar-refractivity contribution in [2.24, 2.45) is 5.73 Å². The molecule has 0 heterocycles. The van der Waals surface area contributed by atoms with E-state index in [9.17, 15) is 4.79 Å². The third-order valence-electron chi connectivity index (χ3n) is 1.46. The summed E-state index contributed by atoms with van der Waals surface area (Å²) in [5, 5.41) is -0.160. The third-order valence-corrected chi connectivity index (χ3v) is 2.59. The molecule has 2 nitrogen and oxygen atoms in total. The summed E-state index contributed by atoms with van der Waals surface area (Å²) in [4.78, 5) is 11.8. The molecule has 0 aliphatic carbocycles. The molecule has 3 heteroatoms. The number of benzene rings is 1. The van der Waals surface area contributed by atoms with Crippen molar-refractivity contribution in [3.8, 4) is 0 Å². The molecule has 0 fully saturated rings. The zero-order valence-corrected chi connectivity index (χ0v) is 7.67. The summed E-state index contributed by atoms with van der Waals surface area (Å²) in [5.74, 6) is -0.274. The maximum absolute atomic E-state index is 10.7. The molecule has 0 unspecified atom stereocenters. The Bertz CT molecular complexity index is 260. The Morgan fingerprint density at radius 2 is 2.00 bits per heavy atom. The minimum absolute atomic E-state index is 0.160. The number of rotatable bonds is 3. The molecule has 2 N–H and O–H groups in total. The lowest BCUT2D eigenvalue weighted by Gasteiger charge is -2.05. The van der Waals surface area contributed by atoms with Crippen molar-refractivity contribution in [2.45, 2.75) is 17.1 Å². The van der Waals surface area contributed by atoms with Crippen LogP contribution < -0.4 is 5.73 Å². The van der Waals surface area contributed by atoms with Crippen LogP contribution in [0, 0.1) is 0 Å². The first-order chi connectivity index (χ1) is 5.70. The average Bonchev–Trinajstić information content (AvgIpc) is 2.06. The van der Waals surface area contributed by atoms with Crippen LogP contribution in [0.1, 0.15) is 6.92 Å². The first kappa shape index (κ1) is 9.13. The molecule has 0 radical (unpaired) electrons. The molecule has 0 spiro atoms. The predicted molar refractivity (Wildman–Crippen MR) is 51.0 cm³/mol. The maximum Gasteiger partial charge on any atom is 0.230 e. The van der Waals surface area contributed by atoms with Crippen molar-refractivity contribution < 1.29 is 4.79 Å². The van der Waals surface area contributed by atoms with Crippen LogP contribution in [0.5, 0.6) is 0 Å². The van der Waals surface area contributed by atoms with E-state index in [1.165, 1.54) is 11.8 Å². The Morgan fingerprint density at radius 3 is 2.50 bits per heavy atom. The molecule has 0 saturated heterocycles. The van der Waals surface area contributed by atoms with Crippen LogP contribution in [-0.4, -0.2) is 11.2 Å². The van der Waals surface area contributed by atoms with E-state index in [0.29, 0.717) is 0 Å². The van der Waals surface area contributed by atoms with Gasteiger partial charge in [-0.2, -0.15) is 0 Å². The van der Waals surface area contributed by atoms with Gasteiger partial charge in [0.05, 0.1) is 5.25 Å². The van der Waals surface area contributed by atoms with Gasteiger partial charge in [0.15, 0.2) is 0 Å². The highest BCUT2D eigenvalue weighted by molar-refractivity contribution is 8.00. The smallest absolute Gasteiger partial charge is 0.230 e. The first-order valence-corrected chi connectivity index (χ1v) is 4.59. The van der Waals surface area contributed by atoms with E-state index in [4.69, 9.17) is 5.73 Å². The van der Waals surface area contributed by atoms with Crippen molar-refractivity contribution in [1.29, 1.82) is 0 Å². The van der Waals surface area contributed by atoms with Crippen LogP contribution >= 0.6 is 11.8 Å². The summed E-state index contributed by atoms with van der Waals surface area (Å²) in [6, 6.07) is 9.75. The van der Waals surface area contributed by atoms with E-state index in [1.54, 1.807) is 6.92 Å². The molecule has 0 aliphatic heterocycles. The summed E-state index contributed by atoms with van der Waals surface area (Å²) in [6.07, 6.45) is 0. The highest BCUT2D eigenvalue weighted by Crippen LogP contribution is 2.21. The molecule has 1 aromatic rings. The summed E-state index contributed by atoms with van der Waals surface area (Å²) in [7, 11) is 0. The second kappa shape index (κ2) is 4.16. The maximum atomic E-state index is 10.7. The molecule has 64 valence electrons. The SMILES string of the molecule is C[C@@H](Sc1ccccc1)C(N)=O. The minimum atomic E-state index is -0.274. The first-order valence-electron chi connectivity index (χ1n) is 3.71. The van der Waals surface area contributed by atoms with E-state index >= 15 is 0 Å². The normalized spacial score (nSPS) is 12.4. The van der Waals surface area contributed by atoms with Crippen LogP contribution in [0.15, 0.2) is 35.2 Å². The van der Waals surface area contributed by atoms with E-state index in [2.05, 4.69) is 0 Å². The van der Waals surface area contributed by atoms with Crippen LogP contribution in [0.2, 0.25) is 0 Å². The van der Waals surface area contributed by atoms with Crippen LogP contribution in [0.25, 0.3) is 0 Å². The van der Waals surface area contributed by atoms with Crippen molar-refractivity contribution >= 4 is 17.7 Å². The largest absolute Gasteiger partial charge is 0.369 e. The predicted octanol–water partition coefficient (Wildman–Crippen LogP) is 1.65. The lowest BCUT2D eigenvalue weighted by Crippen LogP contribution is -2.22. The Hall–Kier alpha value is -0.960. The van der Waals surface area contributed by atoms with Gasteiger partial charge in [0.25, 0.3) is 0 Å². The second-order valence-electron chi connectivity index (χ2n) is 2.48. The number of nitrogens with two attached hydrogens (primary N) is 1. The van der Waals surface area contributed by atoms with Gasteiger partial charge in [-0.05, 0) is 19.1 Å². The number of primary amides is 1. The van der Waals surface area contributed by atoms with Gasteiger partial charge in [0.1, 0.15) is 0 Å². The van der Waals surface area contributed by atoms with Gasteiger partial charge in [-0.3, -0.25) is 4.79 Å². The van der Waals surface area contributed by atoms with Crippen LogP contribution in [0.3, 0.4) is 0 Å². The molecule has 0 aromatic heterocycles. The number of carbonyl (C=O) groups excluding carboxylic acids is 1. The molecule has 0 saturated carbocycles. The van der Waals surface area contributed by atoms with Gasteiger partial charge in [0.2, 0.25) is 5.91 Å². The zero-order chi connectivity index (χ0) is 8.97. The summed E-state index contributed by atoms with van der Waals surface area (Å²) < 4.78 is 0. The molecular weight excluding hydrogens is 170 g/mol.